The quantitative estimate of drug-likeness (QED) is 0.712. The molecule has 22 heavy (non-hydrogen) atoms. The lowest BCUT2D eigenvalue weighted by Gasteiger charge is -2.28. The summed E-state index contributed by atoms with van der Waals surface area (Å²) < 4.78 is 0.953. The maximum absolute atomic E-state index is 12.1. The molecule has 2 aromatic carbocycles. The minimum atomic E-state index is -0.277. The van der Waals surface area contributed by atoms with Crippen LogP contribution in [0, 0.1) is 0 Å². The summed E-state index contributed by atoms with van der Waals surface area (Å²) in [5.41, 5.74) is 7.74. The van der Waals surface area contributed by atoms with E-state index in [2.05, 4.69) is 26.6 Å². The fourth-order valence-corrected chi connectivity index (χ4v) is 2.27. The van der Waals surface area contributed by atoms with Crippen LogP contribution < -0.4 is 16.4 Å². The number of carbonyl (C=O) groups is 1. The van der Waals surface area contributed by atoms with Crippen molar-refractivity contribution < 1.29 is 4.79 Å². The maximum Gasteiger partial charge on any atom is 0.251 e. The third-order valence-electron chi connectivity index (χ3n) is 3.19. The lowest BCUT2D eigenvalue weighted by molar-refractivity contribution is 0.0947. The van der Waals surface area contributed by atoms with Crippen LogP contribution in [0.2, 0.25) is 0 Å². The monoisotopic (exact) mass is 361 g/mol. The molecule has 0 heterocycles. The highest BCUT2D eigenvalue weighted by molar-refractivity contribution is 9.10. The zero-order valence-electron chi connectivity index (χ0n) is 12.7. The Bertz CT molecular complexity index is 636. The molecule has 0 aliphatic heterocycles. The third-order valence-corrected chi connectivity index (χ3v) is 3.72. The van der Waals surface area contributed by atoms with Gasteiger partial charge in [0.25, 0.3) is 5.91 Å². The van der Waals surface area contributed by atoms with E-state index in [0.717, 1.165) is 15.8 Å². The number of hydrogen-bond donors (Lipinski definition) is 3. The Labute approximate surface area is 139 Å². The molecule has 0 atom stereocenters. The fourth-order valence-electron chi connectivity index (χ4n) is 2.01. The summed E-state index contributed by atoms with van der Waals surface area (Å²) in [5, 5.41) is 6.33. The van der Waals surface area contributed by atoms with Crippen molar-refractivity contribution >= 4 is 33.2 Å². The van der Waals surface area contributed by atoms with Crippen LogP contribution in [0.1, 0.15) is 24.2 Å². The van der Waals surface area contributed by atoms with E-state index in [1.54, 1.807) is 12.1 Å². The summed E-state index contributed by atoms with van der Waals surface area (Å²) in [4.78, 5) is 12.1. The molecule has 0 bridgehead atoms. The van der Waals surface area contributed by atoms with Crippen LogP contribution in [0.15, 0.2) is 53.0 Å². The van der Waals surface area contributed by atoms with E-state index in [1.807, 2.05) is 50.2 Å². The second-order valence-corrected chi connectivity index (χ2v) is 6.74. The van der Waals surface area contributed by atoms with E-state index in [0.29, 0.717) is 12.1 Å². The number of hydrogen-bond acceptors (Lipinski definition) is 3. The first kappa shape index (κ1) is 16.4. The van der Waals surface area contributed by atoms with Gasteiger partial charge >= 0.3 is 0 Å². The van der Waals surface area contributed by atoms with Gasteiger partial charge in [-0.25, -0.2) is 0 Å². The summed E-state index contributed by atoms with van der Waals surface area (Å²) in [6.07, 6.45) is 0. The zero-order valence-corrected chi connectivity index (χ0v) is 14.3. The highest BCUT2D eigenvalue weighted by Gasteiger charge is 2.18. The lowest BCUT2D eigenvalue weighted by Crippen LogP contribution is -2.44. The lowest BCUT2D eigenvalue weighted by atomic mass is 10.0. The SMILES string of the molecule is CC(C)(CNC(=O)c1ccc(Br)cc1)Nc1ccc(N)cc1. The Morgan fingerprint density at radius 3 is 2.27 bits per heavy atom. The molecule has 0 radical (unpaired) electrons. The van der Waals surface area contributed by atoms with E-state index in [-0.39, 0.29) is 11.4 Å². The van der Waals surface area contributed by atoms with Crippen LogP contribution in [0.25, 0.3) is 0 Å². The molecule has 2 rings (SSSR count). The molecule has 116 valence electrons. The van der Waals surface area contributed by atoms with Gasteiger partial charge in [0.05, 0.1) is 0 Å². The highest BCUT2D eigenvalue weighted by atomic mass is 79.9. The third kappa shape index (κ3) is 4.77. The molecule has 0 saturated heterocycles. The molecule has 0 aliphatic rings. The Morgan fingerprint density at radius 2 is 1.68 bits per heavy atom. The molecule has 0 fully saturated rings. The molecule has 2 aromatic rings. The number of nitrogens with two attached hydrogens (primary N) is 1. The number of anilines is 2. The van der Waals surface area contributed by atoms with Crippen LogP contribution in [0.4, 0.5) is 11.4 Å². The van der Waals surface area contributed by atoms with E-state index in [4.69, 9.17) is 5.73 Å². The Kier molecular flexibility index (Phi) is 5.08. The molecule has 4 N–H and O–H groups in total. The predicted octanol–water partition coefficient (Wildman–Crippen LogP) is 3.65. The van der Waals surface area contributed by atoms with Gasteiger partial charge in [-0.3, -0.25) is 4.79 Å². The summed E-state index contributed by atoms with van der Waals surface area (Å²) in [6.45, 7) is 4.57. The average molecular weight is 362 g/mol. The van der Waals surface area contributed by atoms with Gasteiger partial charge in [-0.1, -0.05) is 15.9 Å². The number of nitrogens with one attached hydrogen (secondary N) is 2. The molecular weight excluding hydrogens is 342 g/mol. The van der Waals surface area contributed by atoms with Crippen molar-refractivity contribution in [1.82, 2.24) is 5.32 Å². The van der Waals surface area contributed by atoms with Gasteiger partial charge in [-0.15, -0.1) is 0 Å². The van der Waals surface area contributed by atoms with Gasteiger partial charge < -0.3 is 16.4 Å². The summed E-state index contributed by atoms with van der Waals surface area (Å²) in [7, 11) is 0. The van der Waals surface area contributed by atoms with Gasteiger partial charge in [-0.2, -0.15) is 0 Å². The minimum absolute atomic E-state index is 0.0836. The van der Waals surface area contributed by atoms with E-state index < -0.39 is 0 Å². The first-order chi connectivity index (χ1) is 10.4. The van der Waals surface area contributed by atoms with Crippen LogP contribution in [0.3, 0.4) is 0 Å². The van der Waals surface area contributed by atoms with Crippen LogP contribution in [-0.4, -0.2) is 18.0 Å². The van der Waals surface area contributed by atoms with Gasteiger partial charge in [0.2, 0.25) is 0 Å². The van der Waals surface area contributed by atoms with Crippen LogP contribution in [0.5, 0.6) is 0 Å². The topological polar surface area (TPSA) is 67.2 Å². The van der Waals surface area contributed by atoms with Gasteiger partial charge in [0.1, 0.15) is 0 Å². The highest BCUT2D eigenvalue weighted by Crippen LogP contribution is 2.16. The van der Waals surface area contributed by atoms with Gasteiger partial charge in [0, 0.05) is 33.5 Å². The van der Waals surface area contributed by atoms with Crippen molar-refractivity contribution in [1.29, 1.82) is 0 Å². The summed E-state index contributed by atoms with van der Waals surface area (Å²) in [6, 6.07) is 14.8. The smallest absolute Gasteiger partial charge is 0.251 e. The van der Waals surface area contributed by atoms with Crippen molar-refractivity contribution in [2.45, 2.75) is 19.4 Å². The molecule has 0 spiro atoms. The Morgan fingerprint density at radius 1 is 1.09 bits per heavy atom. The average Bonchev–Trinajstić information content (AvgIpc) is 2.48. The molecule has 4 nitrogen and oxygen atoms in total. The molecule has 5 heteroatoms. The minimum Gasteiger partial charge on any atom is -0.399 e. The first-order valence-corrected chi connectivity index (χ1v) is 7.82. The Hall–Kier alpha value is -2.01. The molecule has 0 saturated carbocycles. The summed E-state index contributed by atoms with van der Waals surface area (Å²) >= 11 is 3.36. The van der Waals surface area contributed by atoms with Gasteiger partial charge in [0.15, 0.2) is 0 Å². The largest absolute Gasteiger partial charge is 0.399 e. The number of rotatable bonds is 5. The zero-order chi connectivity index (χ0) is 16.2. The molecular formula is C17H20BrN3O. The molecule has 1 amide bonds. The van der Waals surface area contributed by atoms with Crippen LogP contribution >= 0.6 is 15.9 Å². The van der Waals surface area contributed by atoms with Crippen molar-refractivity contribution in [3.05, 3.63) is 58.6 Å². The molecule has 0 unspecified atom stereocenters. The number of nitrogen functional groups attached to an aromatic ring is 1. The first-order valence-electron chi connectivity index (χ1n) is 7.03. The molecule has 0 aromatic heterocycles. The second kappa shape index (κ2) is 6.83. The fraction of sp³-hybridized carbons (Fsp3) is 0.235. The predicted molar refractivity (Wildman–Crippen MR) is 95.0 cm³/mol. The van der Waals surface area contributed by atoms with E-state index in [1.165, 1.54) is 0 Å². The molecule has 0 aliphatic carbocycles. The van der Waals surface area contributed by atoms with Gasteiger partial charge in [-0.05, 0) is 62.4 Å². The number of halogens is 1. The van der Waals surface area contributed by atoms with E-state index in [9.17, 15) is 4.79 Å². The Balaban J connectivity index is 1.92. The number of benzene rings is 2. The number of carbonyl (C=O) groups excluding carboxylic acids is 1. The summed E-state index contributed by atoms with van der Waals surface area (Å²) in [5.74, 6) is -0.0836. The number of amides is 1. The standard InChI is InChI=1S/C17H20BrN3O/c1-17(2,21-15-9-7-14(19)8-10-15)11-20-16(22)12-3-5-13(18)6-4-12/h3-10,21H,11,19H2,1-2H3,(H,20,22). The van der Waals surface area contributed by atoms with Crippen molar-refractivity contribution in [2.24, 2.45) is 0 Å². The maximum atomic E-state index is 12.1. The van der Waals surface area contributed by atoms with Crippen molar-refractivity contribution in [2.75, 3.05) is 17.6 Å². The van der Waals surface area contributed by atoms with Crippen molar-refractivity contribution in [3.63, 3.8) is 0 Å². The van der Waals surface area contributed by atoms with Crippen molar-refractivity contribution in [3.8, 4) is 0 Å². The van der Waals surface area contributed by atoms with E-state index >= 15 is 0 Å². The normalized spacial score (nSPS) is 11.0. The van der Waals surface area contributed by atoms with Crippen LogP contribution in [-0.2, 0) is 0 Å². The second-order valence-electron chi connectivity index (χ2n) is 5.82.